The second kappa shape index (κ2) is 11.0. The van der Waals surface area contributed by atoms with Crippen LogP contribution in [0.5, 0.6) is 0 Å². The molecule has 0 fully saturated rings. The normalized spacial score (nSPS) is 12.3. The van der Waals surface area contributed by atoms with Crippen LogP contribution in [0.25, 0.3) is 110 Å². The third-order valence-corrected chi connectivity index (χ3v) is 11.8. The standard InChI is InChI=1S/C52H29NO3/c1-2-9-30(10-3-1)32-11-6-13-34(27-32)53(36-21-22-39-38-15-4-5-17-41(38)54-46(39)29-36)35-14-7-12-33(28-35)37-23-26-45-52-48(37)40-16-8-18-42-49(40)50-43(55-42)24-19-31-20-25-44(56-45)51(52)47(31)50/h1-29H. The van der Waals surface area contributed by atoms with Gasteiger partial charge in [0.25, 0.3) is 0 Å². The zero-order valence-electron chi connectivity index (χ0n) is 29.9. The summed E-state index contributed by atoms with van der Waals surface area (Å²) in [6.45, 7) is 0. The molecular weight excluding hydrogens is 687 g/mol. The lowest BCUT2D eigenvalue weighted by Crippen LogP contribution is -2.10. The molecule has 0 unspecified atom stereocenters. The van der Waals surface area contributed by atoms with Crippen molar-refractivity contribution in [1.29, 1.82) is 0 Å². The van der Waals surface area contributed by atoms with Gasteiger partial charge in [-0.2, -0.15) is 0 Å². The molecule has 0 saturated heterocycles. The number of para-hydroxylation sites is 1. The molecule has 0 N–H and O–H groups in total. The molecule has 3 heterocycles. The smallest absolute Gasteiger partial charge is 0.137 e. The van der Waals surface area contributed by atoms with Gasteiger partial charge < -0.3 is 18.2 Å². The van der Waals surface area contributed by atoms with Crippen molar-refractivity contribution in [3.8, 4) is 33.4 Å². The van der Waals surface area contributed by atoms with Crippen molar-refractivity contribution in [2.45, 2.75) is 0 Å². The molecule has 0 saturated carbocycles. The molecule has 260 valence electrons. The quantitative estimate of drug-likeness (QED) is 0.178. The molecule has 13 rings (SSSR count). The Labute approximate surface area is 320 Å². The molecule has 0 amide bonds. The molecule has 0 radical (unpaired) electrons. The van der Waals surface area contributed by atoms with E-state index in [1.54, 1.807) is 0 Å². The van der Waals surface area contributed by atoms with E-state index in [4.69, 9.17) is 13.3 Å². The summed E-state index contributed by atoms with van der Waals surface area (Å²) in [7, 11) is 0. The number of rotatable bonds is 5. The number of fused-ring (bicyclic) bond motifs is 4. The molecule has 9 aromatic carbocycles. The van der Waals surface area contributed by atoms with Gasteiger partial charge in [-0.25, -0.2) is 0 Å². The largest absolute Gasteiger partial charge is 0.456 e. The molecule has 1 aliphatic rings. The Balaban J connectivity index is 1.07. The SMILES string of the molecule is c1ccc(-c2cccc(N(c3cccc(-c4ccc5oc6ccc7ccc8oc9cccc%10c9c8c7c6c5c4-%10)c3)c3ccc4c(c3)oc3ccccc34)c2)cc1. The summed E-state index contributed by atoms with van der Waals surface area (Å²) in [5.74, 6) is 0. The number of hydrogen-bond donors (Lipinski definition) is 0. The number of nitrogens with zero attached hydrogens (tertiary/aromatic N) is 1. The van der Waals surface area contributed by atoms with Crippen LogP contribution in [-0.4, -0.2) is 0 Å². The Hall–Kier alpha value is -7.56. The van der Waals surface area contributed by atoms with Crippen molar-refractivity contribution in [3.63, 3.8) is 0 Å². The van der Waals surface area contributed by atoms with E-state index in [2.05, 4.69) is 169 Å². The maximum absolute atomic E-state index is 6.62. The molecule has 1 aliphatic carbocycles. The van der Waals surface area contributed by atoms with Gasteiger partial charge in [-0.1, -0.05) is 103 Å². The van der Waals surface area contributed by atoms with Gasteiger partial charge in [-0.15, -0.1) is 0 Å². The van der Waals surface area contributed by atoms with Crippen molar-refractivity contribution in [3.05, 3.63) is 176 Å². The maximum atomic E-state index is 6.62. The van der Waals surface area contributed by atoms with E-state index in [-0.39, 0.29) is 0 Å². The van der Waals surface area contributed by atoms with Gasteiger partial charge in [0.1, 0.15) is 33.5 Å². The zero-order valence-corrected chi connectivity index (χ0v) is 29.9. The van der Waals surface area contributed by atoms with Crippen molar-refractivity contribution in [2.75, 3.05) is 4.90 Å². The number of anilines is 3. The van der Waals surface area contributed by atoms with Crippen molar-refractivity contribution in [2.24, 2.45) is 0 Å². The van der Waals surface area contributed by atoms with Crippen LogP contribution in [-0.2, 0) is 0 Å². The molecule has 4 heteroatoms. The average molecular weight is 716 g/mol. The highest BCUT2D eigenvalue weighted by Gasteiger charge is 2.27. The molecule has 3 aromatic heterocycles. The summed E-state index contributed by atoms with van der Waals surface area (Å²) in [6, 6.07) is 62.4. The van der Waals surface area contributed by atoms with Crippen LogP contribution in [0.3, 0.4) is 0 Å². The predicted molar refractivity (Wildman–Crippen MR) is 230 cm³/mol. The second-order valence-corrected chi connectivity index (χ2v) is 14.8. The summed E-state index contributed by atoms with van der Waals surface area (Å²) in [6.07, 6.45) is 0. The van der Waals surface area contributed by atoms with E-state index in [0.717, 1.165) is 111 Å². The number of benzene rings is 9. The maximum Gasteiger partial charge on any atom is 0.137 e. The Kier molecular flexibility index (Phi) is 5.86. The number of hydrogen-bond acceptors (Lipinski definition) is 4. The minimum absolute atomic E-state index is 0.854. The van der Waals surface area contributed by atoms with Gasteiger partial charge in [0.2, 0.25) is 0 Å². The molecule has 12 aromatic rings. The zero-order chi connectivity index (χ0) is 36.5. The fourth-order valence-corrected chi connectivity index (χ4v) is 9.37. The van der Waals surface area contributed by atoms with Crippen LogP contribution in [0.15, 0.2) is 189 Å². The Morgan fingerprint density at radius 1 is 0.304 bits per heavy atom. The predicted octanol–water partition coefficient (Wildman–Crippen LogP) is 15.3. The van der Waals surface area contributed by atoms with E-state index >= 15 is 0 Å². The van der Waals surface area contributed by atoms with Crippen molar-refractivity contribution in [1.82, 2.24) is 0 Å². The fourth-order valence-electron chi connectivity index (χ4n) is 9.37. The minimum atomic E-state index is 0.854. The van der Waals surface area contributed by atoms with Crippen LogP contribution in [0.2, 0.25) is 0 Å². The Morgan fingerprint density at radius 3 is 1.73 bits per heavy atom. The van der Waals surface area contributed by atoms with Crippen LogP contribution in [0, 0.1) is 0 Å². The van der Waals surface area contributed by atoms with Crippen molar-refractivity contribution < 1.29 is 13.3 Å². The van der Waals surface area contributed by atoms with Crippen LogP contribution >= 0.6 is 0 Å². The highest BCUT2D eigenvalue weighted by Crippen LogP contribution is 2.53. The lowest BCUT2D eigenvalue weighted by atomic mass is 9.90. The average Bonchev–Trinajstić information content (AvgIpc) is 3.92. The summed E-state index contributed by atoms with van der Waals surface area (Å²) >= 11 is 0. The first-order valence-corrected chi connectivity index (χ1v) is 19.0. The molecule has 4 nitrogen and oxygen atoms in total. The van der Waals surface area contributed by atoms with Gasteiger partial charge in [0.05, 0.1) is 0 Å². The molecule has 0 atom stereocenters. The first-order chi connectivity index (χ1) is 27.7. The second-order valence-electron chi connectivity index (χ2n) is 14.8. The third kappa shape index (κ3) is 4.07. The topological polar surface area (TPSA) is 42.7 Å². The minimum Gasteiger partial charge on any atom is -0.456 e. The van der Waals surface area contributed by atoms with Gasteiger partial charge >= 0.3 is 0 Å². The van der Waals surface area contributed by atoms with Gasteiger partial charge in [-0.3, -0.25) is 0 Å². The first kappa shape index (κ1) is 29.8. The molecule has 0 bridgehead atoms. The van der Waals surface area contributed by atoms with Crippen LogP contribution in [0.1, 0.15) is 0 Å². The monoisotopic (exact) mass is 715 g/mol. The summed E-state index contributed by atoms with van der Waals surface area (Å²) in [5, 5.41) is 9.19. The summed E-state index contributed by atoms with van der Waals surface area (Å²) in [4.78, 5) is 2.34. The summed E-state index contributed by atoms with van der Waals surface area (Å²) in [5.41, 5.74) is 15.3. The third-order valence-electron chi connectivity index (χ3n) is 11.8. The molecular formula is C52H29NO3. The molecule has 0 spiro atoms. The fraction of sp³-hybridized carbons (Fsp3) is 0. The van der Waals surface area contributed by atoms with E-state index in [0.29, 0.717) is 0 Å². The van der Waals surface area contributed by atoms with Crippen LogP contribution in [0.4, 0.5) is 17.1 Å². The van der Waals surface area contributed by atoms with E-state index in [1.807, 2.05) is 12.1 Å². The highest BCUT2D eigenvalue weighted by molar-refractivity contribution is 6.37. The van der Waals surface area contributed by atoms with Gasteiger partial charge in [0.15, 0.2) is 0 Å². The lowest BCUT2D eigenvalue weighted by molar-refractivity contribution is 0.668. The Morgan fingerprint density at radius 2 is 0.893 bits per heavy atom. The van der Waals surface area contributed by atoms with Gasteiger partial charge in [-0.05, 0) is 99.9 Å². The molecule has 0 aliphatic heterocycles. The first-order valence-electron chi connectivity index (χ1n) is 19.0. The van der Waals surface area contributed by atoms with Crippen LogP contribution < -0.4 is 4.90 Å². The van der Waals surface area contributed by atoms with E-state index in [1.165, 1.54) is 16.3 Å². The lowest BCUT2D eigenvalue weighted by Gasteiger charge is -2.27. The number of furan rings is 3. The van der Waals surface area contributed by atoms with E-state index in [9.17, 15) is 0 Å². The summed E-state index contributed by atoms with van der Waals surface area (Å²) < 4.78 is 19.6. The Bertz CT molecular complexity index is 3600. The molecule has 56 heavy (non-hydrogen) atoms. The van der Waals surface area contributed by atoms with Crippen molar-refractivity contribution >= 4 is 93.7 Å². The van der Waals surface area contributed by atoms with E-state index < -0.39 is 0 Å². The highest BCUT2D eigenvalue weighted by atomic mass is 16.3. The van der Waals surface area contributed by atoms with Gasteiger partial charge in [0, 0.05) is 66.4 Å².